The quantitative estimate of drug-likeness (QED) is 0.680. The van der Waals surface area contributed by atoms with Gasteiger partial charge < -0.3 is 10.6 Å². The number of tetrazole rings is 1. The number of aromatic nitrogens is 4. The number of carbonyl (C=O) groups excluding carboxylic acids is 2. The minimum atomic E-state index is -4.49. The number of halogens is 3. The molecule has 0 unspecified atom stereocenters. The van der Waals surface area contributed by atoms with E-state index in [1.807, 2.05) is 0 Å². The molecule has 0 aliphatic heterocycles. The monoisotopic (exact) mass is 404 g/mol. The molecule has 150 valence electrons. The molecule has 8 nitrogen and oxygen atoms in total. The highest BCUT2D eigenvalue weighted by molar-refractivity contribution is 5.95. The van der Waals surface area contributed by atoms with Crippen LogP contribution in [0.4, 0.5) is 18.9 Å². The second-order valence-corrected chi connectivity index (χ2v) is 5.93. The fourth-order valence-electron chi connectivity index (χ4n) is 2.44. The normalized spacial score (nSPS) is 11.2. The second-order valence-electron chi connectivity index (χ2n) is 5.93. The van der Waals surface area contributed by atoms with E-state index in [4.69, 9.17) is 0 Å². The van der Waals surface area contributed by atoms with E-state index in [1.54, 1.807) is 24.3 Å². The first-order valence-corrected chi connectivity index (χ1v) is 8.33. The topological polar surface area (TPSA) is 102 Å². The van der Waals surface area contributed by atoms with Crippen LogP contribution in [0.2, 0.25) is 0 Å². The van der Waals surface area contributed by atoms with Crippen molar-refractivity contribution in [2.75, 3.05) is 12.4 Å². The van der Waals surface area contributed by atoms with Crippen molar-refractivity contribution in [3.05, 3.63) is 59.7 Å². The van der Waals surface area contributed by atoms with Crippen molar-refractivity contribution >= 4 is 17.5 Å². The number of amides is 2. The van der Waals surface area contributed by atoms with Crippen molar-refractivity contribution in [2.45, 2.75) is 12.7 Å². The van der Waals surface area contributed by atoms with Gasteiger partial charge in [-0.15, -0.1) is 10.2 Å². The largest absolute Gasteiger partial charge is 0.416 e. The van der Waals surface area contributed by atoms with Crippen LogP contribution in [0.1, 0.15) is 15.9 Å². The summed E-state index contributed by atoms with van der Waals surface area (Å²) in [4.78, 5) is 24.6. The number of benzene rings is 2. The lowest BCUT2D eigenvalue weighted by molar-refractivity contribution is -0.137. The fraction of sp³-hybridized carbons (Fsp3) is 0.167. The van der Waals surface area contributed by atoms with Crippen LogP contribution in [0, 0.1) is 0 Å². The average molecular weight is 404 g/mol. The standard InChI is InChI=1S/C18H15F3N6O2/c1-22-17(29)11-5-7-14(8-6-11)23-15(28)10-27-25-16(24-26-27)12-3-2-4-13(9-12)18(19,20)21/h2-9H,10H2,1H3,(H,22,29)(H,23,28). The Hall–Kier alpha value is -3.76. The van der Waals surface area contributed by atoms with Gasteiger partial charge in [0, 0.05) is 23.9 Å². The van der Waals surface area contributed by atoms with Gasteiger partial charge in [0.05, 0.1) is 5.56 Å². The van der Waals surface area contributed by atoms with Crippen LogP contribution < -0.4 is 10.6 Å². The maximum Gasteiger partial charge on any atom is 0.416 e. The molecule has 1 heterocycles. The summed E-state index contributed by atoms with van der Waals surface area (Å²) in [6.07, 6.45) is -4.49. The lowest BCUT2D eigenvalue weighted by Crippen LogP contribution is -2.21. The third-order valence-electron chi connectivity index (χ3n) is 3.84. The minimum Gasteiger partial charge on any atom is -0.355 e. The number of anilines is 1. The highest BCUT2D eigenvalue weighted by atomic mass is 19.4. The Labute approximate surface area is 162 Å². The first-order valence-electron chi connectivity index (χ1n) is 8.33. The predicted molar refractivity (Wildman–Crippen MR) is 96.7 cm³/mol. The van der Waals surface area contributed by atoms with Crippen LogP contribution in [-0.2, 0) is 17.5 Å². The summed E-state index contributed by atoms with van der Waals surface area (Å²) in [5.74, 6) is -0.749. The highest BCUT2D eigenvalue weighted by Gasteiger charge is 2.30. The van der Waals surface area contributed by atoms with Gasteiger partial charge in [0.1, 0.15) is 6.54 Å². The zero-order valence-electron chi connectivity index (χ0n) is 15.1. The molecule has 1 aromatic heterocycles. The molecule has 2 N–H and O–H groups in total. The Morgan fingerprint density at radius 1 is 1.10 bits per heavy atom. The summed E-state index contributed by atoms with van der Waals surface area (Å²) >= 11 is 0. The molecule has 0 radical (unpaired) electrons. The Bertz CT molecular complexity index is 1030. The van der Waals surface area contributed by atoms with Gasteiger partial charge >= 0.3 is 6.18 Å². The summed E-state index contributed by atoms with van der Waals surface area (Å²) < 4.78 is 38.5. The number of hydrogen-bond donors (Lipinski definition) is 2. The zero-order chi connectivity index (χ0) is 21.0. The minimum absolute atomic E-state index is 0.0289. The molecule has 0 spiro atoms. The Morgan fingerprint density at radius 3 is 2.48 bits per heavy atom. The summed E-state index contributed by atoms with van der Waals surface area (Å²) in [7, 11) is 1.51. The number of nitrogens with zero attached hydrogens (tertiary/aromatic N) is 4. The lowest BCUT2D eigenvalue weighted by atomic mass is 10.1. The van der Waals surface area contributed by atoms with Gasteiger partial charge in [-0.25, -0.2) is 0 Å². The van der Waals surface area contributed by atoms with E-state index in [-0.39, 0.29) is 23.8 Å². The first-order chi connectivity index (χ1) is 13.8. The van der Waals surface area contributed by atoms with Crippen LogP contribution in [0.15, 0.2) is 48.5 Å². The van der Waals surface area contributed by atoms with Gasteiger partial charge in [-0.05, 0) is 41.6 Å². The van der Waals surface area contributed by atoms with Crippen LogP contribution in [0.3, 0.4) is 0 Å². The third-order valence-corrected chi connectivity index (χ3v) is 3.84. The SMILES string of the molecule is CNC(=O)c1ccc(NC(=O)Cn2nnc(-c3cccc(C(F)(F)F)c3)n2)cc1. The smallest absolute Gasteiger partial charge is 0.355 e. The molecule has 0 fully saturated rings. The van der Waals surface area contributed by atoms with Crippen LogP contribution in [-0.4, -0.2) is 39.1 Å². The molecule has 0 aliphatic carbocycles. The number of nitrogens with one attached hydrogen (secondary N) is 2. The van der Waals surface area contributed by atoms with Crippen molar-refractivity contribution in [2.24, 2.45) is 0 Å². The van der Waals surface area contributed by atoms with Gasteiger partial charge in [-0.1, -0.05) is 12.1 Å². The fourth-order valence-corrected chi connectivity index (χ4v) is 2.44. The van der Waals surface area contributed by atoms with E-state index >= 15 is 0 Å². The molecule has 0 aliphatic rings. The molecule has 2 amide bonds. The molecule has 0 saturated carbocycles. The molecule has 0 bridgehead atoms. The molecule has 0 saturated heterocycles. The van der Waals surface area contributed by atoms with E-state index in [0.29, 0.717) is 11.3 Å². The van der Waals surface area contributed by atoms with E-state index in [9.17, 15) is 22.8 Å². The summed E-state index contributed by atoms with van der Waals surface area (Å²) in [5.41, 5.74) is 0.204. The van der Waals surface area contributed by atoms with Gasteiger partial charge in [-0.3, -0.25) is 9.59 Å². The number of rotatable bonds is 5. The number of hydrogen-bond acceptors (Lipinski definition) is 5. The maximum absolute atomic E-state index is 12.8. The molecule has 0 atom stereocenters. The lowest BCUT2D eigenvalue weighted by Gasteiger charge is -2.06. The molecule has 11 heteroatoms. The van der Waals surface area contributed by atoms with Crippen LogP contribution in [0.25, 0.3) is 11.4 Å². The van der Waals surface area contributed by atoms with Crippen molar-refractivity contribution in [1.29, 1.82) is 0 Å². The summed E-state index contributed by atoms with van der Waals surface area (Å²) in [5, 5.41) is 16.4. The molecular formula is C18H15F3N6O2. The van der Waals surface area contributed by atoms with Gasteiger partial charge in [0.2, 0.25) is 11.7 Å². The van der Waals surface area contributed by atoms with E-state index in [1.165, 1.54) is 19.2 Å². The zero-order valence-corrected chi connectivity index (χ0v) is 15.1. The molecule has 3 rings (SSSR count). The van der Waals surface area contributed by atoms with Crippen molar-refractivity contribution in [1.82, 2.24) is 25.5 Å². The van der Waals surface area contributed by atoms with Crippen molar-refractivity contribution in [3.8, 4) is 11.4 Å². The van der Waals surface area contributed by atoms with E-state index in [0.717, 1.165) is 16.9 Å². The third kappa shape index (κ3) is 4.94. The van der Waals surface area contributed by atoms with Gasteiger partial charge in [-0.2, -0.15) is 18.0 Å². The van der Waals surface area contributed by atoms with Crippen molar-refractivity contribution < 1.29 is 22.8 Å². The molecule has 3 aromatic rings. The Balaban J connectivity index is 1.66. The Kier molecular flexibility index (Phi) is 5.57. The molecular weight excluding hydrogens is 389 g/mol. The van der Waals surface area contributed by atoms with E-state index < -0.39 is 17.6 Å². The second kappa shape index (κ2) is 8.09. The summed E-state index contributed by atoms with van der Waals surface area (Å²) in [6.45, 7) is -0.289. The van der Waals surface area contributed by atoms with Gasteiger partial charge in [0.25, 0.3) is 5.91 Å². The van der Waals surface area contributed by atoms with Crippen LogP contribution in [0.5, 0.6) is 0 Å². The number of alkyl halides is 3. The van der Waals surface area contributed by atoms with Crippen molar-refractivity contribution in [3.63, 3.8) is 0 Å². The average Bonchev–Trinajstić information content (AvgIpc) is 3.15. The maximum atomic E-state index is 12.8. The Morgan fingerprint density at radius 2 is 1.83 bits per heavy atom. The van der Waals surface area contributed by atoms with E-state index in [2.05, 4.69) is 26.0 Å². The summed E-state index contributed by atoms with van der Waals surface area (Å²) in [6, 6.07) is 10.7. The predicted octanol–water partition coefficient (Wildman–Crippen LogP) is 2.36. The number of carbonyl (C=O) groups is 2. The van der Waals surface area contributed by atoms with Gasteiger partial charge in [0.15, 0.2) is 0 Å². The molecule has 2 aromatic carbocycles. The first kappa shape index (κ1) is 20.0. The highest BCUT2D eigenvalue weighted by Crippen LogP contribution is 2.31. The van der Waals surface area contributed by atoms with Crippen LogP contribution >= 0.6 is 0 Å². The molecule has 29 heavy (non-hydrogen) atoms.